The van der Waals surface area contributed by atoms with Crippen molar-refractivity contribution in [2.24, 2.45) is 5.73 Å². The highest BCUT2D eigenvalue weighted by Gasteiger charge is 2.32. The number of hydrogen-bond donors (Lipinski definition) is 1. The average Bonchev–Trinajstić information content (AvgIpc) is 2.77. The maximum atomic E-state index is 6.42. The Labute approximate surface area is 188 Å². The lowest BCUT2D eigenvalue weighted by Crippen LogP contribution is -2.58. The Morgan fingerprint density at radius 2 is 1.29 bits per heavy atom. The van der Waals surface area contributed by atoms with Gasteiger partial charge in [-0.15, -0.1) is 0 Å². The second-order valence-electron chi connectivity index (χ2n) is 8.96. The lowest BCUT2D eigenvalue weighted by atomic mass is 10.00. The SMILES string of the molecule is CCOc1ccc(CCC[N+]2(CCCc3ccc(OCC)cc3)CCCC(N)C2)cc1. The Hall–Kier alpha value is -2.04. The van der Waals surface area contributed by atoms with E-state index in [9.17, 15) is 0 Å². The topological polar surface area (TPSA) is 44.5 Å². The van der Waals surface area contributed by atoms with E-state index >= 15 is 0 Å². The van der Waals surface area contributed by atoms with Crippen molar-refractivity contribution in [2.75, 3.05) is 39.4 Å². The molecule has 0 bridgehead atoms. The van der Waals surface area contributed by atoms with Crippen molar-refractivity contribution in [1.29, 1.82) is 0 Å². The first kappa shape index (κ1) is 23.6. The third kappa shape index (κ3) is 7.55. The van der Waals surface area contributed by atoms with Crippen LogP contribution in [0.2, 0.25) is 0 Å². The van der Waals surface area contributed by atoms with Gasteiger partial charge in [0.15, 0.2) is 0 Å². The first-order valence-corrected chi connectivity index (χ1v) is 12.2. The summed E-state index contributed by atoms with van der Waals surface area (Å²) in [7, 11) is 0. The van der Waals surface area contributed by atoms with E-state index in [0.717, 1.165) is 44.1 Å². The van der Waals surface area contributed by atoms with Crippen LogP contribution in [0, 0.1) is 0 Å². The summed E-state index contributed by atoms with van der Waals surface area (Å²) < 4.78 is 12.3. The number of likely N-dealkylation sites (tertiary alicyclic amines) is 1. The van der Waals surface area contributed by atoms with Crippen molar-refractivity contribution in [3.05, 3.63) is 59.7 Å². The summed E-state index contributed by atoms with van der Waals surface area (Å²) in [4.78, 5) is 0. The van der Waals surface area contributed by atoms with Gasteiger partial charge in [-0.3, -0.25) is 0 Å². The minimum absolute atomic E-state index is 0.352. The molecule has 1 unspecified atom stereocenters. The van der Waals surface area contributed by atoms with Crippen LogP contribution in [-0.2, 0) is 12.8 Å². The largest absolute Gasteiger partial charge is 0.494 e. The van der Waals surface area contributed by atoms with Crippen molar-refractivity contribution in [2.45, 2.75) is 58.4 Å². The van der Waals surface area contributed by atoms with Gasteiger partial charge in [-0.25, -0.2) is 0 Å². The highest BCUT2D eigenvalue weighted by molar-refractivity contribution is 5.28. The van der Waals surface area contributed by atoms with E-state index < -0.39 is 0 Å². The smallest absolute Gasteiger partial charge is 0.119 e. The molecule has 1 saturated heterocycles. The maximum absolute atomic E-state index is 6.42. The molecule has 170 valence electrons. The first-order valence-electron chi connectivity index (χ1n) is 12.2. The lowest BCUT2D eigenvalue weighted by Gasteiger charge is -2.44. The number of nitrogens with zero attached hydrogens (tertiary/aromatic N) is 1. The van der Waals surface area contributed by atoms with Crippen molar-refractivity contribution < 1.29 is 14.0 Å². The molecule has 31 heavy (non-hydrogen) atoms. The zero-order valence-electron chi connectivity index (χ0n) is 19.5. The number of benzene rings is 2. The molecule has 0 radical (unpaired) electrons. The first-order chi connectivity index (χ1) is 15.1. The molecule has 2 N–H and O–H groups in total. The molecule has 3 rings (SSSR count). The van der Waals surface area contributed by atoms with Crippen LogP contribution in [0.25, 0.3) is 0 Å². The van der Waals surface area contributed by atoms with E-state index in [-0.39, 0.29) is 0 Å². The normalized spacial score (nSPS) is 18.0. The predicted octanol–water partition coefficient (Wildman–Crippen LogP) is 4.99. The van der Waals surface area contributed by atoms with E-state index in [1.807, 2.05) is 13.8 Å². The van der Waals surface area contributed by atoms with Gasteiger partial charge in [0, 0.05) is 12.8 Å². The van der Waals surface area contributed by atoms with Gasteiger partial charge in [-0.1, -0.05) is 24.3 Å². The van der Waals surface area contributed by atoms with Gasteiger partial charge in [0.25, 0.3) is 0 Å². The van der Waals surface area contributed by atoms with E-state index in [1.165, 1.54) is 60.9 Å². The quantitative estimate of drug-likeness (QED) is 0.487. The lowest BCUT2D eigenvalue weighted by molar-refractivity contribution is -0.933. The third-order valence-corrected chi connectivity index (χ3v) is 6.49. The number of rotatable bonds is 12. The highest BCUT2D eigenvalue weighted by Crippen LogP contribution is 2.22. The fourth-order valence-electron chi connectivity index (χ4n) is 4.96. The van der Waals surface area contributed by atoms with E-state index in [0.29, 0.717) is 6.04 Å². The molecule has 2 aromatic carbocycles. The number of quaternary nitrogens is 1. The molecule has 0 aliphatic carbocycles. The van der Waals surface area contributed by atoms with Crippen LogP contribution >= 0.6 is 0 Å². The van der Waals surface area contributed by atoms with Gasteiger partial charge in [-0.2, -0.15) is 0 Å². The molecule has 4 heteroatoms. The molecule has 2 aromatic rings. The Balaban J connectivity index is 1.51. The van der Waals surface area contributed by atoms with Crippen LogP contribution < -0.4 is 15.2 Å². The molecule has 0 saturated carbocycles. The molecule has 0 aromatic heterocycles. The number of ether oxygens (including phenoxy) is 2. The van der Waals surface area contributed by atoms with Crippen LogP contribution in [0.1, 0.15) is 50.7 Å². The van der Waals surface area contributed by atoms with Gasteiger partial charge in [-0.05, 0) is 74.9 Å². The molecule has 1 aliphatic rings. The summed E-state index contributed by atoms with van der Waals surface area (Å²) in [5.41, 5.74) is 9.22. The number of hydrogen-bond acceptors (Lipinski definition) is 3. The molecule has 1 atom stereocenters. The second kappa shape index (κ2) is 12.1. The van der Waals surface area contributed by atoms with Crippen molar-refractivity contribution in [3.63, 3.8) is 0 Å². The fraction of sp³-hybridized carbons (Fsp3) is 0.556. The highest BCUT2D eigenvalue weighted by atomic mass is 16.5. The summed E-state index contributed by atoms with van der Waals surface area (Å²) in [5, 5.41) is 0. The third-order valence-electron chi connectivity index (χ3n) is 6.49. The molecule has 0 spiro atoms. The fourth-order valence-corrected chi connectivity index (χ4v) is 4.96. The maximum Gasteiger partial charge on any atom is 0.119 e. The van der Waals surface area contributed by atoms with Gasteiger partial charge >= 0.3 is 0 Å². The van der Waals surface area contributed by atoms with Crippen LogP contribution in [0.5, 0.6) is 11.5 Å². The average molecular weight is 426 g/mol. The van der Waals surface area contributed by atoms with E-state index in [1.54, 1.807) is 0 Å². The van der Waals surface area contributed by atoms with Crippen LogP contribution in [0.15, 0.2) is 48.5 Å². The molecular formula is C27H41N2O2+. The minimum atomic E-state index is 0.352. The Morgan fingerprint density at radius 3 is 1.71 bits per heavy atom. The predicted molar refractivity (Wildman–Crippen MR) is 129 cm³/mol. The molecule has 4 nitrogen and oxygen atoms in total. The Kier molecular flexibility index (Phi) is 9.23. The molecule has 1 fully saturated rings. The zero-order chi connectivity index (χ0) is 21.9. The molecule has 0 amide bonds. The summed E-state index contributed by atoms with van der Waals surface area (Å²) in [6.45, 7) is 10.3. The van der Waals surface area contributed by atoms with Crippen molar-refractivity contribution in [1.82, 2.24) is 0 Å². The number of piperidine rings is 1. The molecule has 1 aliphatic heterocycles. The van der Waals surface area contributed by atoms with Gasteiger partial charge in [0.2, 0.25) is 0 Å². The molecular weight excluding hydrogens is 384 g/mol. The second-order valence-corrected chi connectivity index (χ2v) is 8.96. The molecule has 1 heterocycles. The summed E-state index contributed by atoms with van der Waals surface area (Å²) >= 11 is 0. The minimum Gasteiger partial charge on any atom is -0.494 e. The van der Waals surface area contributed by atoms with Gasteiger partial charge in [0.05, 0.1) is 45.4 Å². The summed E-state index contributed by atoms with van der Waals surface area (Å²) in [6.07, 6.45) is 7.11. The zero-order valence-corrected chi connectivity index (χ0v) is 19.5. The standard InChI is InChI=1S/C27H41N2O2/c1-3-30-26-15-11-23(12-16-26)8-5-19-29(21-7-10-25(28)22-29)20-6-9-24-13-17-27(18-14-24)31-4-2/h11-18,25H,3-10,19-22,28H2,1-2H3/q+1. The van der Waals surface area contributed by atoms with Gasteiger partial charge < -0.3 is 19.7 Å². The van der Waals surface area contributed by atoms with Crippen LogP contribution in [0.3, 0.4) is 0 Å². The summed E-state index contributed by atoms with van der Waals surface area (Å²) in [5.74, 6) is 1.93. The number of nitrogens with two attached hydrogens (primary N) is 1. The van der Waals surface area contributed by atoms with Crippen molar-refractivity contribution in [3.8, 4) is 11.5 Å². The van der Waals surface area contributed by atoms with Crippen molar-refractivity contribution >= 4 is 0 Å². The van der Waals surface area contributed by atoms with Crippen LogP contribution in [0.4, 0.5) is 0 Å². The monoisotopic (exact) mass is 425 g/mol. The van der Waals surface area contributed by atoms with Crippen LogP contribution in [-0.4, -0.2) is 49.9 Å². The Bertz CT molecular complexity index is 702. The van der Waals surface area contributed by atoms with E-state index in [2.05, 4.69) is 48.5 Å². The van der Waals surface area contributed by atoms with Gasteiger partial charge in [0.1, 0.15) is 11.5 Å². The number of aryl methyl sites for hydroxylation is 2. The Morgan fingerprint density at radius 1 is 0.806 bits per heavy atom. The summed E-state index contributed by atoms with van der Waals surface area (Å²) in [6, 6.07) is 17.6. The van der Waals surface area contributed by atoms with E-state index in [4.69, 9.17) is 15.2 Å².